The lowest BCUT2D eigenvalue weighted by Gasteiger charge is -2.09. The zero-order chi connectivity index (χ0) is 14.8. The molecule has 0 unspecified atom stereocenters. The number of rotatable bonds is 9. The van der Waals surface area contributed by atoms with Gasteiger partial charge >= 0.3 is 0 Å². The third kappa shape index (κ3) is 5.81. The number of hydrazine groups is 1. The van der Waals surface area contributed by atoms with Crippen LogP contribution in [0, 0.1) is 0 Å². The number of hydrogen-bond donors (Lipinski definition) is 4. The van der Waals surface area contributed by atoms with Crippen LogP contribution in [-0.4, -0.2) is 36.1 Å². The van der Waals surface area contributed by atoms with Gasteiger partial charge in [0, 0.05) is 32.7 Å². The van der Waals surface area contributed by atoms with Crippen molar-refractivity contribution in [3.63, 3.8) is 0 Å². The van der Waals surface area contributed by atoms with Crippen LogP contribution in [0.2, 0.25) is 0 Å². The minimum atomic E-state index is 0.0164. The minimum absolute atomic E-state index is 0.0164. The third-order valence-electron chi connectivity index (χ3n) is 2.42. The van der Waals surface area contributed by atoms with E-state index in [0.717, 1.165) is 6.42 Å². The number of nitrogens with two attached hydrogens (primary N) is 1. The van der Waals surface area contributed by atoms with Gasteiger partial charge in [0.1, 0.15) is 18.2 Å². The summed E-state index contributed by atoms with van der Waals surface area (Å²) >= 11 is 0. The number of anilines is 2. The summed E-state index contributed by atoms with van der Waals surface area (Å²) < 4.78 is 4.98. The first-order chi connectivity index (χ1) is 9.69. The largest absolute Gasteiger partial charge is 0.377 e. The number of nitrogens with zero attached hydrogens (tertiary/aromatic N) is 2. The van der Waals surface area contributed by atoms with E-state index >= 15 is 0 Å². The van der Waals surface area contributed by atoms with Crippen LogP contribution in [0.3, 0.4) is 0 Å². The molecule has 20 heavy (non-hydrogen) atoms. The maximum absolute atomic E-state index is 11.4. The third-order valence-corrected chi connectivity index (χ3v) is 2.42. The Kier molecular flexibility index (Phi) is 7.30. The van der Waals surface area contributed by atoms with E-state index in [2.05, 4.69) is 26.0 Å². The molecule has 5 N–H and O–H groups in total. The number of carbonyl (C=O) groups excluding carboxylic acids is 1. The number of aromatic nitrogens is 2. The molecule has 1 heterocycles. The van der Waals surface area contributed by atoms with Crippen molar-refractivity contribution in [3.8, 4) is 0 Å². The highest BCUT2D eigenvalue weighted by molar-refractivity contribution is 5.76. The zero-order valence-electron chi connectivity index (χ0n) is 11.9. The first-order valence-corrected chi connectivity index (χ1v) is 6.53. The van der Waals surface area contributed by atoms with Crippen molar-refractivity contribution in [1.29, 1.82) is 0 Å². The van der Waals surface area contributed by atoms with Crippen LogP contribution in [0.25, 0.3) is 0 Å². The summed E-state index contributed by atoms with van der Waals surface area (Å²) in [6.45, 7) is 3.49. The number of amides is 1. The van der Waals surface area contributed by atoms with E-state index in [-0.39, 0.29) is 5.91 Å². The van der Waals surface area contributed by atoms with Gasteiger partial charge in [-0.1, -0.05) is 6.92 Å². The van der Waals surface area contributed by atoms with Crippen LogP contribution in [0.4, 0.5) is 11.6 Å². The average Bonchev–Trinajstić information content (AvgIpc) is 2.45. The predicted octanol–water partition coefficient (Wildman–Crippen LogP) is 0.237. The van der Waals surface area contributed by atoms with Crippen LogP contribution in [0.15, 0.2) is 6.07 Å². The Hall–Kier alpha value is -1.93. The number of nitrogens with one attached hydrogen (secondary N) is 3. The summed E-state index contributed by atoms with van der Waals surface area (Å²) in [5.41, 5.74) is 2.47. The van der Waals surface area contributed by atoms with Gasteiger partial charge in [-0.3, -0.25) is 4.79 Å². The number of nitrogen functional groups attached to an aromatic ring is 1. The second kappa shape index (κ2) is 9.05. The van der Waals surface area contributed by atoms with E-state index in [1.165, 1.54) is 0 Å². The number of hydrogen-bond acceptors (Lipinski definition) is 7. The Morgan fingerprint density at radius 1 is 1.35 bits per heavy atom. The molecule has 0 aliphatic rings. The van der Waals surface area contributed by atoms with Crippen molar-refractivity contribution in [3.05, 3.63) is 11.9 Å². The second-order valence-electron chi connectivity index (χ2n) is 4.16. The van der Waals surface area contributed by atoms with E-state index in [4.69, 9.17) is 10.6 Å². The van der Waals surface area contributed by atoms with E-state index in [0.29, 0.717) is 43.6 Å². The summed E-state index contributed by atoms with van der Waals surface area (Å²) in [4.78, 5) is 19.8. The quantitative estimate of drug-likeness (QED) is 0.379. The van der Waals surface area contributed by atoms with Gasteiger partial charge in [-0.25, -0.2) is 15.8 Å². The Morgan fingerprint density at radius 2 is 2.10 bits per heavy atom. The Morgan fingerprint density at radius 3 is 2.75 bits per heavy atom. The van der Waals surface area contributed by atoms with Crippen molar-refractivity contribution >= 4 is 17.5 Å². The molecular weight excluding hydrogens is 260 g/mol. The Balaban J connectivity index is 2.50. The van der Waals surface area contributed by atoms with Crippen LogP contribution >= 0.6 is 0 Å². The van der Waals surface area contributed by atoms with Crippen molar-refractivity contribution in [2.75, 3.05) is 30.9 Å². The highest BCUT2D eigenvalue weighted by Crippen LogP contribution is 2.10. The van der Waals surface area contributed by atoms with Crippen molar-refractivity contribution in [2.45, 2.75) is 26.4 Å². The molecule has 0 bridgehead atoms. The van der Waals surface area contributed by atoms with Crippen LogP contribution in [-0.2, 0) is 16.1 Å². The molecule has 0 fully saturated rings. The first kappa shape index (κ1) is 16.1. The highest BCUT2D eigenvalue weighted by atomic mass is 16.5. The monoisotopic (exact) mass is 282 g/mol. The fourth-order valence-electron chi connectivity index (χ4n) is 1.51. The average molecular weight is 282 g/mol. The second-order valence-corrected chi connectivity index (χ2v) is 4.16. The fraction of sp³-hybridized carbons (Fsp3) is 0.583. The lowest BCUT2D eigenvalue weighted by Crippen LogP contribution is -2.26. The van der Waals surface area contributed by atoms with E-state index in [1.807, 2.05) is 6.92 Å². The highest BCUT2D eigenvalue weighted by Gasteiger charge is 2.05. The lowest BCUT2D eigenvalue weighted by atomic mass is 10.3. The van der Waals surface area contributed by atoms with Gasteiger partial charge < -0.3 is 20.8 Å². The van der Waals surface area contributed by atoms with Crippen LogP contribution in [0.5, 0.6) is 0 Å². The molecule has 8 heteroatoms. The molecule has 1 amide bonds. The Bertz CT molecular complexity index is 426. The van der Waals surface area contributed by atoms with E-state index < -0.39 is 0 Å². The number of ether oxygens (including phenoxy) is 1. The van der Waals surface area contributed by atoms with Crippen LogP contribution in [0.1, 0.15) is 25.6 Å². The summed E-state index contributed by atoms with van der Waals surface area (Å²) in [5, 5.41) is 5.87. The van der Waals surface area contributed by atoms with Gasteiger partial charge in [0.15, 0.2) is 5.82 Å². The first-order valence-electron chi connectivity index (χ1n) is 6.53. The molecule has 0 saturated carbocycles. The maximum atomic E-state index is 11.4. The van der Waals surface area contributed by atoms with Crippen molar-refractivity contribution in [2.24, 2.45) is 5.84 Å². The fourth-order valence-corrected chi connectivity index (χ4v) is 1.51. The molecule has 0 aliphatic heterocycles. The molecule has 0 atom stereocenters. The smallest absolute Gasteiger partial charge is 0.221 e. The number of methoxy groups -OCH3 is 1. The predicted molar refractivity (Wildman–Crippen MR) is 77.0 cm³/mol. The normalized spacial score (nSPS) is 10.2. The van der Waals surface area contributed by atoms with Crippen molar-refractivity contribution < 1.29 is 9.53 Å². The van der Waals surface area contributed by atoms with Gasteiger partial charge in [-0.2, -0.15) is 0 Å². The SMILES string of the molecule is CCCNC(=O)CCNc1cc(NN)nc(COC)n1. The summed E-state index contributed by atoms with van der Waals surface area (Å²) in [5.74, 6) is 6.96. The van der Waals surface area contributed by atoms with Crippen molar-refractivity contribution in [1.82, 2.24) is 15.3 Å². The molecular formula is C12H22N6O2. The molecule has 8 nitrogen and oxygen atoms in total. The standard InChI is InChI=1S/C12H22N6O2/c1-3-5-15-12(19)4-6-14-9-7-10(18-13)17-11(16-9)8-20-2/h7H,3-6,8,13H2,1-2H3,(H,15,19)(H2,14,16,17,18). The molecule has 0 aromatic carbocycles. The molecule has 0 radical (unpaired) electrons. The summed E-state index contributed by atoms with van der Waals surface area (Å²) in [6.07, 6.45) is 1.31. The maximum Gasteiger partial charge on any atom is 0.221 e. The minimum Gasteiger partial charge on any atom is -0.377 e. The lowest BCUT2D eigenvalue weighted by molar-refractivity contribution is -0.120. The molecule has 0 aliphatic carbocycles. The summed E-state index contributed by atoms with van der Waals surface area (Å²) in [7, 11) is 1.57. The van der Waals surface area contributed by atoms with Gasteiger partial charge in [-0.15, -0.1) is 0 Å². The van der Waals surface area contributed by atoms with Gasteiger partial charge in [0.2, 0.25) is 5.91 Å². The molecule has 1 rings (SSSR count). The summed E-state index contributed by atoms with van der Waals surface area (Å²) in [6, 6.07) is 1.67. The van der Waals surface area contributed by atoms with Gasteiger partial charge in [0.25, 0.3) is 0 Å². The Labute approximate surface area is 118 Å². The van der Waals surface area contributed by atoms with Crippen LogP contribution < -0.4 is 21.9 Å². The van der Waals surface area contributed by atoms with E-state index in [1.54, 1.807) is 13.2 Å². The molecule has 1 aromatic rings. The molecule has 0 spiro atoms. The van der Waals surface area contributed by atoms with E-state index in [9.17, 15) is 4.79 Å². The zero-order valence-corrected chi connectivity index (χ0v) is 11.9. The molecule has 0 saturated heterocycles. The molecule has 1 aromatic heterocycles. The number of carbonyl (C=O) groups is 1. The topological polar surface area (TPSA) is 114 Å². The van der Waals surface area contributed by atoms with Gasteiger partial charge in [-0.05, 0) is 6.42 Å². The van der Waals surface area contributed by atoms with Gasteiger partial charge in [0.05, 0.1) is 0 Å². The molecule has 112 valence electrons.